The Morgan fingerprint density at radius 3 is 2.57 bits per heavy atom. The van der Waals surface area contributed by atoms with Gasteiger partial charge in [0.1, 0.15) is 11.6 Å². The average Bonchev–Trinajstić information content (AvgIpc) is 2.94. The summed E-state index contributed by atoms with van der Waals surface area (Å²) in [5.74, 6) is 0.763. The van der Waals surface area contributed by atoms with E-state index in [2.05, 4.69) is 25.9 Å². The number of halogens is 3. The molecule has 1 aromatic heterocycles. The van der Waals surface area contributed by atoms with E-state index in [0.717, 1.165) is 23.0 Å². The van der Waals surface area contributed by atoms with Gasteiger partial charge in [0.15, 0.2) is 5.82 Å². The second kappa shape index (κ2) is 5.89. The average molecular weight is 371 g/mol. The highest BCUT2D eigenvalue weighted by Crippen LogP contribution is 2.39. The van der Waals surface area contributed by atoms with E-state index in [-0.39, 0.29) is 0 Å². The summed E-state index contributed by atoms with van der Waals surface area (Å²) in [7, 11) is 0. The van der Waals surface area contributed by atoms with Crippen LogP contribution >= 0.6 is 27.5 Å². The number of nitrogen functional groups attached to an aromatic ring is 1. The maximum atomic E-state index is 13.5. The van der Waals surface area contributed by atoms with E-state index >= 15 is 0 Å². The molecule has 1 aliphatic rings. The van der Waals surface area contributed by atoms with E-state index in [9.17, 15) is 4.39 Å². The van der Waals surface area contributed by atoms with Crippen molar-refractivity contribution in [2.75, 3.05) is 5.73 Å². The number of nitrogens with zero attached hydrogens (tertiary/aromatic N) is 2. The number of aromatic nitrogens is 2. The first-order valence-corrected chi connectivity index (χ1v) is 8.01. The van der Waals surface area contributed by atoms with Gasteiger partial charge in [-0.15, -0.1) is 0 Å². The van der Waals surface area contributed by atoms with Crippen LogP contribution in [0.3, 0.4) is 0 Å². The number of rotatable bonds is 2. The van der Waals surface area contributed by atoms with Crippen molar-refractivity contribution < 1.29 is 4.39 Å². The molecular formula is C15H14BrClFN3. The molecule has 110 valence electrons. The van der Waals surface area contributed by atoms with Crippen molar-refractivity contribution >= 4 is 33.3 Å². The first-order valence-electron chi connectivity index (χ1n) is 6.84. The highest BCUT2D eigenvalue weighted by atomic mass is 79.9. The smallest absolute Gasteiger partial charge is 0.161 e. The molecule has 2 N–H and O–H groups in total. The van der Waals surface area contributed by atoms with Crippen molar-refractivity contribution in [3.05, 3.63) is 39.2 Å². The van der Waals surface area contributed by atoms with E-state index in [4.69, 9.17) is 17.3 Å². The molecule has 1 saturated carbocycles. The summed E-state index contributed by atoms with van der Waals surface area (Å²) in [6.07, 6.45) is 4.58. The highest BCUT2D eigenvalue weighted by Gasteiger charge is 2.23. The molecular weight excluding hydrogens is 357 g/mol. The lowest BCUT2D eigenvalue weighted by Crippen LogP contribution is -2.06. The summed E-state index contributed by atoms with van der Waals surface area (Å²) in [6.45, 7) is 0. The molecule has 2 aromatic rings. The molecule has 0 saturated heterocycles. The van der Waals surface area contributed by atoms with Gasteiger partial charge in [0.05, 0.1) is 10.2 Å². The highest BCUT2D eigenvalue weighted by molar-refractivity contribution is 9.10. The minimum absolute atomic E-state index is 0.317. The maximum absolute atomic E-state index is 13.5. The number of anilines is 1. The molecule has 0 radical (unpaired) electrons. The molecule has 0 aliphatic heterocycles. The fourth-order valence-corrected chi connectivity index (χ4v) is 3.49. The predicted octanol–water partition coefficient (Wildman–Crippen LogP) is 4.94. The van der Waals surface area contributed by atoms with Gasteiger partial charge in [0.2, 0.25) is 0 Å². The van der Waals surface area contributed by atoms with Crippen LogP contribution in [0.4, 0.5) is 10.2 Å². The van der Waals surface area contributed by atoms with Crippen LogP contribution in [0.5, 0.6) is 0 Å². The normalized spacial score (nSPS) is 15.6. The Balaban J connectivity index is 2.10. The Morgan fingerprint density at radius 2 is 1.90 bits per heavy atom. The SMILES string of the molecule is Nc1nc(-c2cc(F)cc(Cl)c2)nc(C2CCCC2)c1Br. The molecule has 0 bridgehead atoms. The third kappa shape index (κ3) is 3.04. The Morgan fingerprint density at radius 1 is 1.19 bits per heavy atom. The van der Waals surface area contributed by atoms with Gasteiger partial charge in [0.25, 0.3) is 0 Å². The summed E-state index contributed by atoms with van der Waals surface area (Å²) in [5, 5.41) is 0.317. The van der Waals surface area contributed by atoms with E-state index in [1.165, 1.54) is 25.0 Å². The zero-order chi connectivity index (χ0) is 15.0. The number of benzene rings is 1. The van der Waals surface area contributed by atoms with Crippen molar-refractivity contribution in [1.29, 1.82) is 0 Å². The van der Waals surface area contributed by atoms with Gasteiger partial charge < -0.3 is 5.73 Å². The topological polar surface area (TPSA) is 51.8 Å². The first-order chi connectivity index (χ1) is 10.0. The van der Waals surface area contributed by atoms with Crippen LogP contribution in [0.1, 0.15) is 37.3 Å². The summed E-state index contributed by atoms with van der Waals surface area (Å²) in [6, 6.07) is 4.27. The lowest BCUT2D eigenvalue weighted by molar-refractivity contribution is 0.628. The standard InChI is InChI=1S/C15H14BrClFN3/c16-12-13(8-3-1-2-4-8)20-15(21-14(12)19)9-5-10(17)7-11(18)6-9/h5-8H,1-4H2,(H2,19,20,21). The van der Waals surface area contributed by atoms with Gasteiger partial charge >= 0.3 is 0 Å². The lowest BCUT2D eigenvalue weighted by Gasteiger charge is -2.14. The first kappa shape index (κ1) is 14.7. The fraction of sp³-hybridized carbons (Fsp3) is 0.333. The second-order valence-electron chi connectivity index (χ2n) is 5.27. The van der Waals surface area contributed by atoms with Gasteiger partial charge in [-0.1, -0.05) is 24.4 Å². The molecule has 21 heavy (non-hydrogen) atoms. The number of nitrogens with two attached hydrogens (primary N) is 1. The van der Waals surface area contributed by atoms with Crippen molar-refractivity contribution in [3.8, 4) is 11.4 Å². The van der Waals surface area contributed by atoms with E-state index in [1.54, 1.807) is 6.07 Å². The Hall–Kier alpha value is -1.20. The van der Waals surface area contributed by atoms with Gasteiger partial charge in [0, 0.05) is 16.5 Å². The van der Waals surface area contributed by atoms with Gasteiger partial charge in [-0.05, 0) is 47.0 Å². The molecule has 0 unspecified atom stereocenters. The monoisotopic (exact) mass is 369 g/mol. The van der Waals surface area contributed by atoms with Crippen LogP contribution in [0, 0.1) is 5.82 Å². The molecule has 3 rings (SSSR count). The van der Waals surface area contributed by atoms with Crippen molar-refractivity contribution in [2.45, 2.75) is 31.6 Å². The zero-order valence-electron chi connectivity index (χ0n) is 11.2. The minimum Gasteiger partial charge on any atom is -0.383 e. The summed E-state index contributed by atoms with van der Waals surface area (Å²) in [4.78, 5) is 8.86. The number of hydrogen-bond acceptors (Lipinski definition) is 3. The fourth-order valence-electron chi connectivity index (χ4n) is 2.76. The third-order valence-electron chi connectivity index (χ3n) is 3.77. The van der Waals surface area contributed by atoms with Gasteiger partial charge in [-0.2, -0.15) is 0 Å². The molecule has 0 atom stereocenters. The zero-order valence-corrected chi connectivity index (χ0v) is 13.6. The summed E-state index contributed by atoms with van der Waals surface area (Å²) >= 11 is 9.38. The molecule has 0 spiro atoms. The van der Waals surface area contributed by atoms with Crippen LogP contribution in [0.15, 0.2) is 22.7 Å². The quantitative estimate of drug-likeness (QED) is 0.814. The van der Waals surface area contributed by atoms with E-state index in [0.29, 0.717) is 28.1 Å². The van der Waals surface area contributed by atoms with E-state index in [1.807, 2.05) is 0 Å². The maximum Gasteiger partial charge on any atom is 0.161 e. The van der Waals surface area contributed by atoms with Crippen LogP contribution in [-0.4, -0.2) is 9.97 Å². The molecule has 1 heterocycles. The number of hydrogen-bond donors (Lipinski definition) is 1. The Bertz CT molecular complexity index is 667. The molecule has 1 aromatic carbocycles. The van der Waals surface area contributed by atoms with Crippen molar-refractivity contribution in [3.63, 3.8) is 0 Å². The Labute approximate surface area is 135 Å². The van der Waals surface area contributed by atoms with Crippen LogP contribution < -0.4 is 5.73 Å². The molecule has 0 amide bonds. The van der Waals surface area contributed by atoms with Crippen LogP contribution in [0.25, 0.3) is 11.4 Å². The third-order valence-corrected chi connectivity index (χ3v) is 4.80. The van der Waals surface area contributed by atoms with Crippen molar-refractivity contribution in [1.82, 2.24) is 9.97 Å². The second-order valence-corrected chi connectivity index (χ2v) is 6.50. The van der Waals surface area contributed by atoms with Crippen LogP contribution in [-0.2, 0) is 0 Å². The minimum atomic E-state index is -0.412. The largest absolute Gasteiger partial charge is 0.383 e. The van der Waals surface area contributed by atoms with Gasteiger partial charge in [-0.25, -0.2) is 14.4 Å². The summed E-state index contributed by atoms with van der Waals surface area (Å²) < 4.78 is 14.3. The Kier molecular flexibility index (Phi) is 4.13. The van der Waals surface area contributed by atoms with Crippen LogP contribution in [0.2, 0.25) is 5.02 Å². The molecule has 3 nitrogen and oxygen atoms in total. The van der Waals surface area contributed by atoms with Gasteiger partial charge in [-0.3, -0.25) is 0 Å². The summed E-state index contributed by atoms with van der Waals surface area (Å²) in [5.41, 5.74) is 7.43. The predicted molar refractivity (Wildman–Crippen MR) is 85.8 cm³/mol. The molecule has 1 fully saturated rings. The molecule has 6 heteroatoms. The lowest BCUT2D eigenvalue weighted by atomic mass is 10.0. The molecule has 1 aliphatic carbocycles. The van der Waals surface area contributed by atoms with Crippen molar-refractivity contribution in [2.24, 2.45) is 0 Å². The van der Waals surface area contributed by atoms with E-state index < -0.39 is 5.82 Å².